The number of benzene rings is 1. The van der Waals surface area contributed by atoms with Gasteiger partial charge in [0.15, 0.2) is 0 Å². The molecule has 0 unspecified atom stereocenters. The maximum atomic E-state index is 14.0. The Labute approximate surface area is 168 Å². The number of aromatic nitrogens is 3. The molecule has 7 heteroatoms. The quantitative estimate of drug-likeness (QED) is 0.671. The molecule has 2 saturated heterocycles. The molecule has 0 N–H and O–H groups in total. The van der Waals surface area contributed by atoms with Crippen molar-refractivity contribution in [3.63, 3.8) is 0 Å². The van der Waals surface area contributed by atoms with Gasteiger partial charge in [-0.05, 0) is 43.7 Å². The second-order valence-corrected chi connectivity index (χ2v) is 8.06. The summed E-state index contributed by atoms with van der Waals surface area (Å²) < 4.78 is 15.7. The Balaban J connectivity index is 1.55. The van der Waals surface area contributed by atoms with Crippen LogP contribution in [0.2, 0.25) is 0 Å². The number of amides is 1. The molecule has 1 amide bonds. The van der Waals surface area contributed by atoms with E-state index in [-0.39, 0.29) is 11.7 Å². The summed E-state index contributed by atoms with van der Waals surface area (Å²) in [5.41, 5.74) is 2.65. The fourth-order valence-corrected chi connectivity index (χ4v) is 4.59. The molecule has 2 aliphatic heterocycles. The van der Waals surface area contributed by atoms with Crippen LogP contribution in [0.1, 0.15) is 29.6 Å². The van der Waals surface area contributed by atoms with E-state index in [0.717, 1.165) is 31.6 Å². The number of hydrogen-bond donors (Lipinski definition) is 0. The van der Waals surface area contributed by atoms with Gasteiger partial charge < -0.3 is 4.90 Å². The van der Waals surface area contributed by atoms with Gasteiger partial charge in [0.05, 0.1) is 23.0 Å². The minimum absolute atomic E-state index is 0.0432. The molecule has 29 heavy (non-hydrogen) atoms. The molecule has 0 spiro atoms. The monoisotopic (exact) mass is 393 g/mol. The van der Waals surface area contributed by atoms with E-state index >= 15 is 0 Å². The second kappa shape index (κ2) is 7.22. The van der Waals surface area contributed by atoms with Gasteiger partial charge in [-0.2, -0.15) is 5.10 Å². The van der Waals surface area contributed by atoms with E-state index in [9.17, 15) is 9.18 Å². The van der Waals surface area contributed by atoms with Crippen LogP contribution in [0.15, 0.2) is 36.7 Å². The molecule has 0 aliphatic carbocycles. The Bertz CT molecular complexity index is 1080. The summed E-state index contributed by atoms with van der Waals surface area (Å²) in [6.07, 6.45) is 7.20. The van der Waals surface area contributed by atoms with Gasteiger partial charge in [-0.25, -0.2) is 9.37 Å². The molecular formula is C22H24FN5O. The van der Waals surface area contributed by atoms with Gasteiger partial charge in [0.25, 0.3) is 5.91 Å². The van der Waals surface area contributed by atoms with Crippen molar-refractivity contribution in [3.05, 3.63) is 48.0 Å². The number of piperazine rings is 1. The number of rotatable bonds is 2. The van der Waals surface area contributed by atoms with Gasteiger partial charge in [0.2, 0.25) is 0 Å². The van der Waals surface area contributed by atoms with Gasteiger partial charge in [0, 0.05) is 49.9 Å². The number of fused-ring (bicyclic) bond motifs is 2. The molecule has 1 atom stereocenters. The lowest BCUT2D eigenvalue weighted by molar-refractivity contribution is 0.0374. The maximum absolute atomic E-state index is 14.0. The third-order valence-corrected chi connectivity index (χ3v) is 6.13. The first-order chi connectivity index (χ1) is 14.1. The number of hydrogen-bond acceptors (Lipinski definition) is 4. The Hall–Kier alpha value is -2.80. The van der Waals surface area contributed by atoms with Gasteiger partial charge in [-0.3, -0.25) is 14.4 Å². The topological polar surface area (TPSA) is 54.3 Å². The minimum atomic E-state index is -0.362. The first-order valence-electron chi connectivity index (χ1n) is 10.2. The standard InChI is InChI=1S/C22H24FN5O/c1-26-13-15(12-24-26)21-11-19(18-10-16(23)5-6-20(18)25-21)22(29)28-9-8-27-7-3-2-4-17(27)14-28/h5-6,10-13,17H,2-4,7-9,14H2,1H3/t17-/m1/s1. The molecule has 2 aromatic heterocycles. The van der Waals surface area contributed by atoms with Crippen LogP contribution in [0.4, 0.5) is 4.39 Å². The van der Waals surface area contributed by atoms with E-state index in [4.69, 9.17) is 0 Å². The number of nitrogens with zero attached hydrogens (tertiary/aromatic N) is 5. The Morgan fingerprint density at radius 3 is 2.90 bits per heavy atom. The zero-order valence-corrected chi connectivity index (χ0v) is 16.5. The molecule has 2 aliphatic rings. The van der Waals surface area contributed by atoms with E-state index in [2.05, 4.69) is 15.0 Å². The molecule has 150 valence electrons. The molecule has 0 radical (unpaired) electrons. The zero-order valence-electron chi connectivity index (χ0n) is 16.5. The molecule has 5 rings (SSSR count). The van der Waals surface area contributed by atoms with Crippen molar-refractivity contribution in [1.82, 2.24) is 24.6 Å². The number of aryl methyl sites for hydroxylation is 1. The summed E-state index contributed by atoms with van der Waals surface area (Å²) in [5, 5.41) is 4.78. The van der Waals surface area contributed by atoms with Crippen LogP contribution >= 0.6 is 0 Å². The Kier molecular flexibility index (Phi) is 4.54. The summed E-state index contributed by atoms with van der Waals surface area (Å²) in [5.74, 6) is -0.405. The molecule has 0 bridgehead atoms. The first-order valence-corrected chi connectivity index (χ1v) is 10.2. The van der Waals surface area contributed by atoms with Crippen LogP contribution in [-0.4, -0.2) is 62.7 Å². The van der Waals surface area contributed by atoms with Crippen molar-refractivity contribution in [2.45, 2.75) is 25.3 Å². The lowest BCUT2D eigenvalue weighted by Crippen LogP contribution is -2.56. The lowest BCUT2D eigenvalue weighted by Gasteiger charge is -2.44. The molecule has 4 heterocycles. The average molecular weight is 393 g/mol. The largest absolute Gasteiger partial charge is 0.336 e. The highest BCUT2D eigenvalue weighted by Gasteiger charge is 2.32. The summed E-state index contributed by atoms with van der Waals surface area (Å²) in [4.78, 5) is 22.6. The van der Waals surface area contributed by atoms with Crippen molar-refractivity contribution >= 4 is 16.8 Å². The van der Waals surface area contributed by atoms with E-state index in [1.54, 1.807) is 23.0 Å². The highest BCUT2D eigenvalue weighted by atomic mass is 19.1. The third kappa shape index (κ3) is 3.40. The van der Waals surface area contributed by atoms with Gasteiger partial charge in [-0.15, -0.1) is 0 Å². The number of carbonyl (C=O) groups excluding carboxylic acids is 1. The number of pyridine rings is 1. The maximum Gasteiger partial charge on any atom is 0.254 e. The predicted octanol–water partition coefficient (Wildman–Crippen LogP) is 3.08. The van der Waals surface area contributed by atoms with Crippen molar-refractivity contribution < 1.29 is 9.18 Å². The molecule has 1 aromatic carbocycles. The number of halogens is 1. The molecular weight excluding hydrogens is 369 g/mol. The smallest absolute Gasteiger partial charge is 0.254 e. The van der Waals surface area contributed by atoms with E-state index in [1.165, 1.54) is 25.0 Å². The van der Waals surface area contributed by atoms with Crippen LogP contribution in [0.5, 0.6) is 0 Å². The lowest BCUT2D eigenvalue weighted by atomic mass is 9.98. The first kappa shape index (κ1) is 18.2. The van der Waals surface area contributed by atoms with Crippen molar-refractivity contribution in [1.29, 1.82) is 0 Å². The minimum Gasteiger partial charge on any atom is -0.336 e. The molecule has 6 nitrogen and oxygen atoms in total. The summed E-state index contributed by atoms with van der Waals surface area (Å²) >= 11 is 0. The van der Waals surface area contributed by atoms with E-state index in [0.29, 0.717) is 34.7 Å². The third-order valence-electron chi connectivity index (χ3n) is 6.13. The van der Waals surface area contributed by atoms with E-state index < -0.39 is 0 Å². The Morgan fingerprint density at radius 1 is 1.17 bits per heavy atom. The normalized spacial score (nSPS) is 20.1. The zero-order chi connectivity index (χ0) is 20.0. The van der Waals surface area contributed by atoms with Gasteiger partial charge in [0.1, 0.15) is 5.82 Å². The molecule has 2 fully saturated rings. The van der Waals surface area contributed by atoms with Crippen molar-refractivity contribution in [3.8, 4) is 11.3 Å². The van der Waals surface area contributed by atoms with Gasteiger partial charge >= 0.3 is 0 Å². The number of piperidine rings is 1. The molecule has 3 aromatic rings. The number of carbonyl (C=O) groups is 1. The van der Waals surface area contributed by atoms with Crippen molar-refractivity contribution in [2.75, 3.05) is 26.2 Å². The second-order valence-electron chi connectivity index (χ2n) is 8.06. The van der Waals surface area contributed by atoms with Gasteiger partial charge in [-0.1, -0.05) is 6.42 Å². The van der Waals surface area contributed by atoms with Crippen LogP contribution in [0.3, 0.4) is 0 Å². The SMILES string of the molecule is Cn1cc(-c2cc(C(=O)N3CCN4CCCC[C@@H]4C3)c3cc(F)ccc3n2)cn1. The van der Waals surface area contributed by atoms with Crippen LogP contribution in [0.25, 0.3) is 22.2 Å². The summed E-state index contributed by atoms with van der Waals surface area (Å²) in [7, 11) is 1.84. The fraction of sp³-hybridized carbons (Fsp3) is 0.409. The fourth-order valence-electron chi connectivity index (χ4n) is 4.59. The summed E-state index contributed by atoms with van der Waals surface area (Å²) in [6.45, 7) is 3.47. The highest BCUT2D eigenvalue weighted by molar-refractivity contribution is 6.07. The van der Waals surface area contributed by atoms with E-state index in [1.807, 2.05) is 18.1 Å². The van der Waals surface area contributed by atoms with Crippen LogP contribution < -0.4 is 0 Å². The predicted molar refractivity (Wildman–Crippen MR) is 109 cm³/mol. The van der Waals surface area contributed by atoms with Crippen LogP contribution in [-0.2, 0) is 7.05 Å². The average Bonchev–Trinajstić information content (AvgIpc) is 3.18. The van der Waals surface area contributed by atoms with Crippen LogP contribution in [0, 0.1) is 5.82 Å². The van der Waals surface area contributed by atoms with Crippen molar-refractivity contribution in [2.24, 2.45) is 7.05 Å². The highest BCUT2D eigenvalue weighted by Crippen LogP contribution is 2.28. The summed E-state index contributed by atoms with van der Waals surface area (Å²) in [6, 6.07) is 6.66. The molecule has 0 saturated carbocycles. The Morgan fingerprint density at radius 2 is 2.07 bits per heavy atom.